The highest BCUT2D eigenvalue weighted by Gasteiger charge is 2.27. The minimum Gasteiger partial charge on any atom is -0.502 e. The Morgan fingerprint density at radius 2 is 1.77 bits per heavy atom. The van der Waals surface area contributed by atoms with Gasteiger partial charge in [0.25, 0.3) is 0 Å². The zero-order valence-electron chi connectivity index (χ0n) is 14.1. The van der Waals surface area contributed by atoms with E-state index in [1.54, 1.807) is 30.3 Å². The van der Waals surface area contributed by atoms with E-state index < -0.39 is 11.7 Å². The van der Waals surface area contributed by atoms with Gasteiger partial charge in [-0.3, -0.25) is 0 Å². The van der Waals surface area contributed by atoms with E-state index in [2.05, 4.69) is 0 Å². The van der Waals surface area contributed by atoms with Crippen molar-refractivity contribution in [1.29, 1.82) is 0 Å². The van der Waals surface area contributed by atoms with Crippen LogP contribution in [0, 0.1) is 0 Å². The van der Waals surface area contributed by atoms with Crippen LogP contribution in [-0.2, 0) is 0 Å². The summed E-state index contributed by atoms with van der Waals surface area (Å²) in [7, 11) is 2.92. The van der Waals surface area contributed by atoms with Crippen molar-refractivity contribution in [3.63, 3.8) is 0 Å². The van der Waals surface area contributed by atoms with Crippen LogP contribution in [-0.4, -0.2) is 25.9 Å². The molecule has 3 aromatic rings. The first-order valence-electron chi connectivity index (χ1n) is 7.92. The molecule has 1 aromatic heterocycles. The lowest BCUT2D eigenvalue weighted by Gasteiger charge is -2.27. The summed E-state index contributed by atoms with van der Waals surface area (Å²) in [6, 6.07) is 9.92. The molecule has 4 rings (SSSR count). The minimum atomic E-state index is -0.454. The third kappa shape index (κ3) is 2.57. The van der Waals surface area contributed by atoms with Gasteiger partial charge >= 0.3 is 5.63 Å². The van der Waals surface area contributed by atoms with Crippen molar-refractivity contribution in [1.82, 2.24) is 0 Å². The maximum Gasteiger partial charge on any atom is 0.336 e. The average Bonchev–Trinajstić information content (AvgIpc) is 2.67. The molecule has 1 unspecified atom stereocenters. The molecule has 7 heteroatoms. The minimum absolute atomic E-state index is 0.0800. The van der Waals surface area contributed by atoms with Gasteiger partial charge in [-0.25, -0.2) is 4.79 Å². The molecule has 1 N–H and O–H groups in total. The summed E-state index contributed by atoms with van der Waals surface area (Å²) < 4.78 is 27.5. The number of ether oxygens (including phenoxy) is 4. The van der Waals surface area contributed by atoms with Gasteiger partial charge in [-0.05, 0) is 30.3 Å². The zero-order chi connectivity index (χ0) is 18.3. The van der Waals surface area contributed by atoms with Crippen LogP contribution in [0.5, 0.6) is 28.7 Å². The predicted molar refractivity (Wildman–Crippen MR) is 92.6 cm³/mol. The van der Waals surface area contributed by atoms with Gasteiger partial charge < -0.3 is 28.5 Å². The number of fused-ring (bicyclic) bond motifs is 3. The second kappa shape index (κ2) is 6.18. The Labute approximate surface area is 148 Å². The normalized spacial score (nSPS) is 15.7. The molecular formula is C19H16O7. The van der Waals surface area contributed by atoms with Crippen molar-refractivity contribution in [2.75, 3.05) is 20.8 Å². The highest BCUT2D eigenvalue weighted by atomic mass is 16.6. The molecule has 0 saturated heterocycles. The molecule has 0 radical (unpaired) electrons. The van der Waals surface area contributed by atoms with E-state index in [-0.39, 0.29) is 23.9 Å². The topological polar surface area (TPSA) is 87.4 Å². The van der Waals surface area contributed by atoms with E-state index in [1.165, 1.54) is 20.3 Å². The van der Waals surface area contributed by atoms with Gasteiger partial charge in [0.05, 0.1) is 14.2 Å². The molecule has 0 saturated carbocycles. The Kier molecular flexibility index (Phi) is 3.84. The number of phenols is 1. The average molecular weight is 356 g/mol. The SMILES string of the molecule is COc1cc(C2COc3c(ccc4ccc(=O)oc34)O2)cc(OC)c1O. The van der Waals surface area contributed by atoms with Gasteiger partial charge in [-0.2, -0.15) is 0 Å². The van der Waals surface area contributed by atoms with Crippen LogP contribution in [0.25, 0.3) is 11.0 Å². The second-order valence-electron chi connectivity index (χ2n) is 5.76. The molecular weight excluding hydrogens is 340 g/mol. The Bertz CT molecular complexity index is 1010. The van der Waals surface area contributed by atoms with Gasteiger partial charge in [0.2, 0.25) is 11.5 Å². The summed E-state index contributed by atoms with van der Waals surface area (Å²) in [4.78, 5) is 11.5. The molecule has 0 fully saturated rings. The monoisotopic (exact) mass is 356 g/mol. The number of aromatic hydroxyl groups is 1. The molecule has 26 heavy (non-hydrogen) atoms. The fourth-order valence-corrected chi connectivity index (χ4v) is 2.93. The highest BCUT2D eigenvalue weighted by Crippen LogP contribution is 2.44. The number of methoxy groups -OCH3 is 2. The molecule has 134 valence electrons. The van der Waals surface area contributed by atoms with Crippen molar-refractivity contribution in [3.8, 4) is 28.7 Å². The molecule has 7 nitrogen and oxygen atoms in total. The lowest BCUT2D eigenvalue weighted by Crippen LogP contribution is -2.22. The van der Waals surface area contributed by atoms with Crippen LogP contribution < -0.4 is 24.6 Å². The Morgan fingerprint density at radius 3 is 2.46 bits per heavy atom. The number of phenolic OH excluding ortho intramolecular Hbond substituents is 1. The molecule has 0 aliphatic carbocycles. The first-order valence-corrected chi connectivity index (χ1v) is 7.92. The summed E-state index contributed by atoms with van der Waals surface area (Å²) in [5.74, 6) is 1.34. The van der Waals surface area contributed by atoms with Crippen LogP contribution in [0.3, 0.4) is 0 Å². The van der Waals surface area contributed by atoms with Crippen LogP contribution in [0.15, 0.2) is 45.6 Å². The number of rotatable bonds is 3. The van der Waals surface area contributed by atoms with E-state index in [4.69, 9.17) is 23.4 Å². The molecule has 1 atom stereocenters. The molecule has 1 aliphatic heterocycles. The van der Waals surface area contributed by atoms with E-state index >= 15 is 0 Å². The number of hydrogen-bond acceptors (Lipinski definition) is 7. The fraction of sp³-hybridized carbons (Fsp3) is 0.211. The first kappa shape index (κ1) is 16.1. The van der Waals surface area contributed by atoms with Gasteiger partial charge in [-0.1, -0.05) is 0 Å². The summed E-state index contributed by atoms with van der Waals surface area (Å²) in [5.41, 5.74) is 0.621. The van der Waals surface area contributed by atoms with Gasteiger partial charge in [0.1, 0.15) is 6.61 Å². The molecule has 2 aromatic carbocycles. The van der Waals surface area contributed by atoms with Gasteiger partial charge in [-0.15, -0.1) is 0 Å². The summed E-state index contributed by atoms with van der Waals surface area (Å²) in [6.07, 6.45) is -0.446. The smallest absolute Gasteiger partial charge is 0.336 e. The number of hydrogen-bond donors (Lipinski definition) is 1. The lowest BCUT2D eigenvalue weighted by molar-refractivity contribution is 0.0912. The van der Waals surface area contributed by atoms with Crippen molar-refractivity contribution in [2.45, 2.75) is 6.10 Å². The van der Waals surface area contributed by atoms with Crippen LogP contribution in [0.4, 0.5) is 0 Å². The van der Waals surface area contributed by atoms with E-state index in [9.17, 15) is 9.90 Å². The maximum atomic E-state index is 11.5. The zero-order valence-corrected chi connectivity index (χ0v) is 14.1. The van der Waals surface area contributed by atoms with Crippen LogP contribution in [0.2, 0.25) is 0 Å². The highest BCUT2D eigenvalue weighted by molar-refractivity contribution is 5.85. The molecule has 1 aliphatic rings. The fourth-order valence-electron chi connectivity index (χ4n) is 2.93. The van der Waals surface area contributed by atoms with Crippen molar-refractivity contribution < 1.29 is 28.5 Å². The van der Waals surface area contributed by atoms with Crippen LogP contribution >= 0.6 is 0 Å². The molecule has 0 amide bonds. The summed E-state index contributed by atoms with van der Waals surface area (Å²) in [5, 5.41) is 10.8. The van der Waals surface area contributed by atoms with Gasteiger partial charge in [0, 0.05) is 17.0 Å². The molecule has 0 spiro atoms. The van der Waals surface area contributed by atoms with E-state index in [1.807, 2.05) is 0 Å². The predicted octanol–water partition coefficient (Wildman–Crippen LogP) is 3.03. The third-order valence-electron chi connectivity index (χ3n) is 4.23. The quantitative estimate of drug-likeness (QED) is 0.722. The second-order valence-corrected chi connectivity index (χ2v) is 5.76. The standard InChI is InChI=1S/C19H16O7/c1-22-13-7-11(8-14(23-2)17(13)21)15-9-24-19-12(25-15)5-3-10-4-6-16(20)26-18(10)19/h3-8,15,21H,9H2,1-2H3. The van der Waals surface area contributed by atoms with Crippen molar-refractivity contribution in [2.24, 2.45) is 0 Å². The van der Waals surface area contributed by atoms with E-state index in [0.717, 1.165) is 10.9 Å². The Morgan fingerprint density at radius 1 is 1.08 bits per heavy atom. The Balaban J connectivity index is 1.74. The molecule has 2 heterocycles. The first-order chi connectivity index (χ1) is 12.6. The maximum absolute atomic E-state index is 11.5. The molecule has 0 bridgehead atoms. The third-order valence-corrected chi connectivity index (χ3v) is 4.23. The lowest BCUT2D eigenvalue weighted by atomic mass is 10.1. The van der Waals surface area contributed by atoms with Crippen molar-refractivity contribution >= 4 is 11.0 Å². The van der Waals surface area contributed by atoms with E-state index in [0.29, 0.717) is 17.1 Å². The largest absolute Gasteiger partial charge is 0.502 e. The number of benzene rings is 2. The summed E-state index contributed by atoms with van der Waals surface area (Å²) in [6.45, 7) is 0.196. The van der Waals surface area contributed by atoms with Crippen LogP contribution in [0.1, 0.15) is 11.7 Å². The van der Waals surface area contributed by atoms with Gasteiger partial charge in [0.15, 0.2) is 28.9 Å². The van der Waals surface area contributed by atoms with Crippen molar-refractivity contribution in [3.05, 3.63) is 52.4 Å². The Hall–Kier alpha value is -3.35. The summed E-state index contributed by atoms with van der Waals surface area (Å²) >= 11 is 0.